The van der Waals surface area contributed by atoms with Gasteiger partial charge in [0, 0.05) is 14.2 Å². The zero-order valence-electron chi connectivity index (χ0n) is 14.5. The first-order chi connectivity index (χ1) is 13.5. The van der Waals surface area contributed by atoms with Crippen LogP contribution in [0, 0.1) is 3.57 Å². The number of hydrazone groups is 1. The summed E-state index contributed by atoms with van der Waals surface area (Å²) in [5.74, 6) is 0.292. The van der Waals surface area contributed by atoms with E-state index in [2.05, 4.69) is 33.1 Å². The molecular formula is C21H15Cl2IN2O2. The molecule has 3 aromatic rings. The molecule has 0 heterocycles. The van der Waals surface area contributed by atoms with Gasteiger partial charge in [0.25, 0.3) is 5.91 Å². The van der Waals surface area contributed by atoms with Crippen molar-refractivity contribution in [1.29, 1.82) is 0 Å². The van der Waals surface area contributed by atoms with Crippen LogP contribution in [0.2, 0.25) is 10.0 Å². The van der Waals surface area contributed by atoms with Crippen molar-refractivity contribution in [1.82, 2.24) is 5.43 Å². The number of hydrogen-bond donors (Lipinski definition) is 1. The number of halogens is 3. The maximum Gasteiger partial charge on any atom is 0.271 e. The fourth-order valence-corrected chi connectivity index (χ4v) is 3.23. The van der Waals surface area contributed by atoms with Gasteiger partial charge in [-0.1, -0.05) is 41.4 Å². The molecule has 0 radical (unpaired) electrons. The van der Waals surface area contributed by atoms with Crippen LogP contribution < -0.4 is 10.2 Å². The van der Waals surface area contributed by atoms with Gasteiger partial charge in [0.15, 0.2) is 0 Å². The average Bonchev–Trinajstić information content (AvgIpc) is 2.68. The maximum atomic E-state index is 12.1. The van der Waals surface area contributed by atoms with E-state index in [1.807, 2.05) is 42.5 Å². The zero-order valence-corrected chi connectivity index (χ0v) is 18.2. The summed E-state index contributed by atoms with van der Waals surface area (Å²) in [4.78, 5) is 12.1. The summed E-state index contributed by atoms with van der Waals surface area (Å²) in [6.07, 6.45) is 1.53. The Bertz CT molecular complexity index is 1010. The number of benzene rings is 3. The van der Waals surface area contributed by atoms with Gasteiger partial charge in [-0.3, -0.25) is 4.79 Å². The molecule has 142 valence electrons. The first-order valence-corrected chi connectivity index (χ1v) is 10.1. The van der Waals surface area contributed by atoms with Crippen molar-refractivity contribution in [2.75, 3.05) is 0 Å². The number of hydrogen-bond acceptors (Lipinski definition) is 3. The van der Waals surface area contributed by atoms with Crippen molar-refractivity contribution in [2.45, 2.75) is 6.61 Å². The molecule has 3 aromatic carbocycles. The molecule has 0 bridgehead atoms. The summed E-state index contributed by atoms with van der Waals surface area (Å²) in [6.45, 7) is 0.385. The highest BCUT2D eigenvalue weighted by molar-refractivity contribution is 14.1. The lowest BCUT2D eigenvalue weighted by atomic mass is 10.2. The van der Waals surface area contributed by atoms with Gasteiger partial charge in [-0.2, -0.15) is 5.10 Å². The normalized spacial score (nSPS) is 10.8. The molecule has 1 amide bonds. The molecule has 0 aliphatic rings. The summed E-state index contributed by atoms with van der Waals surface area (Å²) >= 11 is 14.3. The monoisotopic (exact) mass is 524 g/mol. The summed E-state index contributed by atoms with van der Waals surface area (Å²) in [7, 11) is 0. The quantitative estimate of drug-likeness (QED) is 0.246. The maximum absolute atomic E-state index is 12.1. The Kier molecular flexibility index (Phi) is 7.30. The molecule has 0 unspecified atom stereocenters. The predicted octanol–water partition coefficient (Wildman–Crippen LogP) is 5.94. The van der Waals surface area contributed by atoms with Crippen molar-refractivity contribution in [3.05, 3.63) is 97.0 Å². The topological polar surface area (TPSA) is 50.7 Å². The lowest BCUT2D eigenvalue weighted by Crippen LogP contribution is -2.17. The van der Waals surface area contributed by atoms with Crippen LogP contribution in [0.15, 0.2) is 71.8 Å². The van der Waals surface area contributed by atoms with E-state index in [-0.39, 0.29) is 5.91 Å². The van der Waals surface area contributed by atoms with Crippen molar-refractivity contribution in [2.24, 2.45) is 5.10 Å². The van der Waals surface area contributed by atoms with Crippen LogP contribution in [0.5, 0.6) is 5.75 Å². The number of nitrogens with zero attached hydrogens (tertiary/aromatic N) is 1. The van der Waals surface area contributed by atoms with Crippen LogP contribution in [0.4, 0.5) is 0 Å². The van der Waals surface area contributed by atoms with Gasteiger partial charge in [-0.15, -0.1) is 0 Å². The minimum absolute atomic E-state index is 0.274. The van der Waals surface area contributed by atoms with E-state index >= 15 is 0 Å². The third kappa shape index (κ3) is 5.95. The summed E-state index contributed by atoms with van der Waals surface area (Å²) in [6, 6.07) is 20.0. The summed E-state index contributed by atoms with van der Waals surface area (Å²) < 4.78 is 6.72. The third-order valence-corrected chi connectivity index (χ3v) is 4.95. The molecule has 0 aromatic heterocycles. The molecule has 7 heteroatoms. The molecule has 1 N–H and O–H groups in total. The lowest BCUT2D eigenvalue weighted by molar-refractivity contribution is 0.0955. The Morgan fingerprint density at radius 3 is 2.57 bits per heavy atom. The summed E-state index contributed by atoms with van der Waals surface area (Å²) in [5, 5.41) is 5.12. The van der Waals surface area contributed by atoms with E-state index in [0.717, 1.165) is 14.7 Å². The Balaban J connectivity index is 1.58. The molecule has 0 atom stereocenters. The van der Waals surface area contributed by atoms with Crippen LogP contribution in [0.25, 0.3) is 0 Å². The molecule has 28 heavy (non-hydrogen) atoms. The highest BCUT2D eigenvalue weighted by Gasteiger charge is 2.05. The smallest absolute Gasteiger partial charge is 0.271 e. The highest BCUT2D eigenvalue weighted by atomic mass is 127. The largest absolute Gasteiger partial charge is 0.487 e. The predicted molar refractivity (Wildman–Crippen MR) is 121 cm³/mol. The van der Waals surface area contributed by atoms with E-state index in [9.17, 15) is 4.79 Å². The molecule has 0 saturated heterocycles. The number of amides is 1. The van der Waals surface area contributed by atoms with E-state index < -0.39 is 0 Å². The van der Waals surface area contributed by atoms with Crippen molar-refractivity contribution >= 4 is 57.9 Å². The number of nitrogens with one attached hydrogen (secondary N) is 1. The van der Waals surface area contributed by atoms with Gasteiger partial charge in [-0.25, -0.2) is 5.43 Å². The average molecular weight is 525 g/mol. The molecule has 4 nitrogen and oxygen atoms in total. The molecule has 0 aliphatic heterocycles. The highest BCUT2D eigenvalue weighted by Crippen LogP contribution is 2.26. The molecule has 3 rings (SSSR count). The number of carbonyl (C=O) groups excluding carboxylic acids is 1. The molecule has 0 saturated carbocycles. The zero-order chi connectivity index (χ0) is 19.9. The van der Waals surface area contributed by atoms with Gasteiger partial charge < -0.3 is 4.74 Å². The van der Waals surface area contributed by atoms with Crippen molar-refractivity contribution < 1.29 is 9.53 Å². The minimum atomic E-state index is -0.274. The second kappa shape index (κ2) is 9.91. The number of ether oxygens (including phenoxy) is 1. The Labute approximate surface area is 186 Å². The molecule has 0 aliphatic carbocycles. The van der Waals surface area contributed by atoms with Crippen LogP contribution in [-0.2, 0) is 6.61 Å². The van der Waals surface area contributed by atoms with Gasteiger partial charge in [0.05, 0.1) is 11.2 Å². The second-order valence-corrected chi connectivity index (χ2v) is 7.90. The first-order valence-electron chi connectivity index (χ1n) is 8.27. The van der Waals surface area contributed by atoms with Crippen molar-refractivity contribution in [3.63, 3.8) is 0 Å². The standard InChI is InChI=1S/C21H15Cl2IN2O2/c22-17-7-4-14(5-8-17)13-28-20-9-6-15(10-19(20)23)12-25-26-21(27)16-2-1-3-18(24)11-16/h1-12H,13H2,(H,26,27)/b25-12-. The Hall–Kier alpha value is -2.09. The Morgan fingerprint density at radius 1 is 1.07 bits per heavy atom. The lowest BCUT2D eigenvalue weighted by Gasteiger charge is -2.09. The molecule has 0 fully saturated rings. The van der Waals surface area contributed by atoms with Crippen LogP contribution >= 0.6 is 45.8 Å². The van der Waals surface area contributed by atoms with Crippen LogP contribution in [-0.4, -0.2) is 12.1 Å². The minimum Gasteiger partial charge on any atom is -0.487 e. The fraction of sp³-hybridized carbons (Fsp3) is 0.0476. The number of rotatable bonds is 6. The van der Waals surface area contributed by atoms with Crippen LogP contribution in [0.1, 0.15) is 21.5 Å². The number of carbonyl (C=O) groups is 1. The van der Waals surface area contributed by atoms with Gasteiger partial charge in [-0.05, 0) is 82.2 Å². The van der Waals surface area contributed by atoms with Gasteiger partial charge in [0.2, 0.25) is 0 Å². The first kappa shape index (κ1) is 20.6. The van der Waals surface area contributed by atoms with E-state index in [0.29, 0.717) is 28.0 Å². The van der Waals surface area contributed by atoms with Crippen LogP contribution in [0.3, 0.4) is 0 Å². The molecule has 0 spiro atoms. The van der Waals surface area contributed by atoms with Gasteiger partial charge in [0.1, 0.15) is 12.4 Å². The molecular weight excluding hydrogens is 510 g/mol. The van der Waals surface area contributed by atoms with E-state index in [1.165, 1.54) is 6.21 Å². The van der Waals surface area contributed by atoms with Gasteiger partial charge >= 0.3 is 0 Å². The third-order valence-electron chi connectivity index (χ3n) is 3.73. The second-order valence-electron chi connectivity index (χ2n) is 5.81. The van der Waals surface area contributed by atoms with Crippen molar-refractivity contribution in [3.8, 4) is 5.75 Å². The summed E-state index contributed by atoms with van der Waals surface area (Å²) in [5.41, 5.74) is 4.78. The fourth-order valence-electron chi connectivity index (χ4n) is 2.32. The Morgan fingerprint density at radius 2 is 1.86 bits per heavy atom. The van der Waals surface area contributed by atoms with E-state index in [4.69, 9.17) is 27.9 Å². The van der Waals surface area contributed by atoms with E-state index in [1.54, 1.807) is 24.3 Å². The SMILES string of the molecule is O=C(N/N=C\c1ccc(OCc2ccc(Cl)cc2)c(Cl)c1)c1cccc(I)c1.